The molecule has 0 aliphatic carbocycles. The minimum atomic E-state index is -0.262. The molecule has 124 valence electrons. The molecule has 7 nitrogen and oxygen atoms in total. The van der Waals surface area contributed by atoms with Gasteiger partial charge in [-0.1, -0.05) is 0 Å². The molecular formula is C15H26N4O3. The Morgan fingerprint density at radius 1 is 1.27 bits per heavy atom. The number of nitrogens with zero attached hydrogens (tertiary/aromatic N) is 2. The third-order valence-corrected chi connectivity index (χ3v) is 4.33. The average Bonchev–Trinajstić information content (AvgIpc) is 2.94. The Kier molecular flexibility index (Phi) is 6.18. The molecule has 2 rings (SSSR count). The van der Waals surface area contributed by atoms with E-state index in [1.165, 1.54) is 0 Å². The van der Waals surface area contributed by atoms with E-state index >= 15 is 0 Å². The minimum absolute atomic E-state index is 0.0130. The van der Waals surface area contributed by atoms with Gasteiger partial charge in [-0.3, -0.25) is 19.3 Å². The second-order valence-electron chi connectivity index (χ2n) is 6.08. The van der Waals surface area contributed by atoms with Gasteiger partial charge in [0.1, 0.15) is 0 Å². The molecule has 0 aromatic rings. The molecule has 0 spiro atoms. The number of hydrogen-bond donors (Lipinski definition) is 2. The van der Waals surface area contributed by atoms with Gasteiger partial charge in [-0.05, 0) is 39.2 Å². The Labute approximate surface area is 131 Å². The summed E-state index contributed by atoms with van der Waals surface area (Å²) < 4.78 is 0. The van der Waals surface area contributed by atoms with Crippen LogP contribution in [0.25, 0.3) is 0 Å². The fourth-order valence-electron chi connectivity index (χ4n) is 2.99. The fraction of sp³-hybridized carbons (Fsp3) is 0.800. The maximum atomic E-state index is 12.0. The van der Waals surface area contributed by atoms with Crippen LogP contribution in [0.5, 0.6) is 0 Å². The summed E-state index contributed by atoms with van der Waals surface area (Å²) in [5.74, 6) is -0.256. The van der Waals surface area contributed by atoms with Gasteiger partial charge >= 0.3 is 0 Å². The summed E-state index contributed by atoms with van der Waals surface area (Å²) in [5, 5.41) is 5.52. The first-order valence-electron chi connectivity index (χ1n) is 8.10. The molecule has 3 amide bonds. The van der Waals surface area contributed by atoms with Gasteiger partial charge in [0.25, 0.3) is 0 Å². The number of likely N-dealkylation sites (tertiary alicyclic amines) is 1. The molecule has 0 unspecified atom stereocenters. The Hall–Kier alpha value is -1.63. The largest absolute Gasteiger partial charge is 0.355 e. The van der Waals surface area contributed by atoms with Crippen LogP contribution in [-0.2, 0) is 14.4 Å². The molecule has 2 saturated heterocycles. The van der Waals surface area contributed by atoms with Crippen LogP contribution < -0.4 is 10.6 Å². The summed E-state index contributed by atoms with van der Waals surface area (Å²) in [6, 6.07) is -0.262. The van der Waals surface area contributed by atoms with Gasteiger partial charge in [0.05, 0.1) is 19.1 Å². The van der Waals surface area contributed by atoms with Crippen molar-refractivity contribution in [2.75, 3.05) is 39.8 Å². The lowest BCUT2D eigenvalue weighted by Crippen LogP contribution is -2.48. The van der Waals surface area contributed by atoms with E-state index in [9.17, 15) is 14.4 Å². The third-order valence-electron chi connectivity index (χ3n) is 4.33. The molecule has 7 heteroatoms. The fourth-order valence-corrected chi connectivity index (χ4v) is 2.99. The SMILES string of the molecule is CN(CC(=O)NCC(=O)N1CCCC1)[C@@H]1CCCCNC1=O. The summed E-state index contributed by atoms with van der Waals surface area (Å²) in [7, 11) is 1.78. The molecule has 0 radical (unpaired) electrons. The van der Waals surface area contributed by atoms with E-state index in [1.54, 1.807) is 16.8 Å². The van der Waals surface area contributed by atoms with Crippen LogP contribution in [0.1, 0.15) is 32.1 Å². The number of rotatable bonds is 5. The van der Waals surface area contributed by atoms with Crippen molar-refractivity contribution in [3.05, 3.63) is 0 Å². The predicted molar refractivity (Wildman–Crippen MR) is 82.1 cm³/mol. The van der Waals surface area contributed by atoms with E-state index in [0.717, 1.165) is 45.2 Å². The van der Waals surface area contributed by atoms with Crippen molar-refractivity contribution in [1.82, 2.24) is 20.4 Å². The zero-order valence-corrected chi connectivity index (χ0v) is 13.3. The van der Waals surface area contributed by atoms with Crippen molar-refractivity contribution in [3.8, 4) is 0 Å². The Bertz CT molecular complexity index is 421. The van der Waals surface area contributed by atoms with Gasteiger partial charge in [0, 0.05) is 19.6 Å². The summed E-state index contributed by atoms with van der Waals surface area (Å²) in [6.45, 7) is 2.46. The zero-order chi connectivity index (χ0) is 15.9. The van der Waals surface area contributed by atoms with E-state index in [1.807, 2.05) is 0 Å². The molecule has 2 aliphatic rings. The molecule has 0 aromatic heterocycles. The summed E-state index contributed by atoms with van der Waals surface area (Å²) in [5.41, 5.74) is 0. The van der Waals surface area contributed by atoms with Gasteiger partial charge in [-0.25, -0.2) is 0 Å². The molecule has 0 aromatic carbocycles. The lowest BCUT2D eigenvalue weighted by atomic mass is 10.1. The van der Waals surface area contributed by atoms with Gasteiger partial charge < -0.3 is 15.5 Å². The van der Waals surface area contributed by atoms with E-state index in [4.69, 9.17) is 0 Å². The number of carbonyl (C=O) groups excluding carboxylic acids is 3. The Morgan fingerprint density at radius 2 is 2.00 bits per heavy atom. The van der Waals surface area contributed by atoms with E-state index in [2.05, 4.69) is 10.6 Å². The normalized spacial score (nSPS) is 22.4. The second-order valence-corrected chi connectivity index (χ2v) is 6.08. The third kappa shape index (κ3) is 4.69. The Balaban J connectivity index is 1.73. The number of nitrogens with one attached hydrogen (secondary N) is 2. The standard InChI is InChI=1S/C15H26N4O3/c1-18(12-6-2-3-7-16-15(12)22)11-13(20)17-10-14(21)19-8-4-5-9-19/h12H,2-11H2,1H3,(H,16,22)(H,17,20)/t12-/m1/s1. The molecule has 0 bridgehead atoms. The summed E-state index contributed by atoms with van der Waals surface area (Å²) in [4.78, 5) is 39.3. The van der Waals surface area contributed by atoms with Crippen LogP contribution in [-0.4, -0.2) is 73.3 Å². The average molecular weight is 310 g/mol. The smallest absolute Gasteiger partial charge is 0.241 e. The van der Waals surface area contributed by atoms with E-state index in [0.29, 0.717) is 6.54 Å². The molecule has 2 heterocycles. The molecule has 1 atom stereocenters. The monoisotopic (exact) mass is 310 g/mol. The van der Waals surface area contributed by atoms with E-state index in [-0.39, 0.29) is 36.9 Å². The maximum absolute atomic E-state index is 12.0. The first-order valence-corrected chi connectivity index (χ1v) is 8.10. The molecule has 2 N–H and O–H groups in total. The predicted octanol–water partition coefficient (Wildman–Crippen LogP) is -0.674. The Morgan fingerprint density at radius 3 is 2.73 bits per heavy atom. The van der Waals surface area contributed by atoms with Gasteiger partial charge in [-0.15, -0.1) is 0 Å². The topological polar surface area (TPSA) is 81.8 Å². The first kappa shape index (κ1) is 16.7. The van der Waals surface area contributed by atoms with Crippen molar-refractivity contribution in [3.63, 3.8) is 0 Å². The van der Waals surface area contributed by atoms with Crippen LogP contribution in [0.3, 0.4) is 0 Å². The van der Waals surface area contributed by atoms with Gasteiger partial charge in [0.15, 0.2) is 0 Å². The zero-order valence-electron chi connectivity index (χ0n) is 13.3. The summed E-state index contributed by atoms with van der Waals surface area (Å²) >= 11 is 0. The van der Waals surface area contributed by atoms with Crippen molar-refractivity contribution in [2.24, 2.45) is 0 Å². The minimum Gasteiger partial charge on any atom is -0.355 e. The highest BCUT2D eigenvalue weighted by Gasteiger charge is 2.26. The second kappa shape index (κ2) is 8.12. The van der Waals surface area contributed by atoms with Crippen LogP contribution in [0.15, 0.2) is 0 Å². The summed E-state index contributed by atoms with van der Waals surface area (Å²) in [6.07, 6.45) is 4.80. The van der Waals surface area contributed by atoms with Crippen LogP contribution in [0, 0.1) is 0 Å². The highest BCUT2D eigenvalue weighted by Crippen LogP contribution is 2.10. The number of carbonyl (C=O) groups is 3. The van der Waals surface area contributed by atoms with Crippen LogP contribution in [0.4, 0.5) is 0 Å². The van der Waals surface area contributed by atoms with Crippen molar-refractivity contribution in [2.45, 2.75) is 38.1 Å². The van der Waals surface area contributed by atoms with Crippen LogP contribution in [0.2, 0.25) is 0 Å². The van der Waals surface area contributed by atoms with Gasteiger partial charge in [0.2, 0.25) is 17.7 Å². The highest BCUT2D eigenvalue weighted by atomic mass is 16.2. The quantitative estimate of drug-likeness (QED) is 0.705. The van der Waals surface area contributed by atoms with Crippen molar-refractivity contribution < 1.29 is 14.4 Å². The van der Waals surface area contributed by atoms with Gasteiger partial charge in [-0.2, -0.15) is 0 Å². The molecule has 0 saturated carbocycles. The van der Waals surface area contributed by atoms with E-state index < -0.39 is 0 Å². The first-order chi connectivity index (χ1) is 10.6. The van der Waals surface area contributed by atoms with Crippen molar-refractivity contribution in [1.29, 1.82) is 0 Å². The lowest BCUT2D eigenvalue weighted by Gasteiger charge is -2.25. The number of amides is 3. The molecule has 2 aliphatic heterocycles. The molecule has 2 fully saturated rings. The lowest BCUT2D eigenvalue weighted by molar-refractivity contribution is -0.133. The van der Waals surface area contributed by atoms with Crippen molar-refractivity contribution >= 4 is 17.7 Å². The number of likely N-dealkylation sites (N-methyl/N-ethyl adjacent to an activating group) is 1. The molecular weight excluding hydrogens is 284 g/mol. The van der Waals surface area contributed by atoms with Crippen LogP contribution >= 0.6 is 0 Å². The molecule has 22 heavy (non-hydrogen) atoms. The highest BCUT2D eigenvalue weighted by molar-refractivity contribution is 5.86. The maximum Gasteiger partial charge on any atom is 0.241 e. The number of hydrogen-bond acceptors (Lipinski definition) is 4.